The summed E-state index contributed by atoms with van der Waals surface area (Å²) in [6.07, 6.45) is 2.92. The molecule has 0 radical (unpaired) electrons. The summed E-state index contributed by atoms with van der Waals surface area (Å²) in [5.41, 5.74) is 3.58. The second kappa shape index (κ2) is 10.4. The number of benzene rings is 1. The molecule has 26 heavy (non-hydrogen) atoms. The lowest BCUT2D eigenvalue weighted by atomic mass is 10.2. The van der Waals surface area contributed by atoms with Crippen LogP contribution in [0.25, 0.3) is 0 Å². The number of aliphatic imine (C=N–C) groups is 1. The molecule has 140 valence electrons. The summed E-state index contributed by atoms with van der Waals surface area (Å²) in [4.78, 5) is 11.4. The van der Waals surface area contributed by atoms with Crippen LogP contribution in [0.15, 0.2) is 53.7 Å². The topological polar surface area (TPSA) is 52.6 Å². The van der Waals surface area contributed by atoms with Crippen LogP contribution in [-0.2, 0) is 6.54 Å². The van der Waals surface area contributed by atoms with Crippen molar-refractivity contribution >= 4 is 35.6 Å². The van der Waals surface area contributed by atoms with Crippen molar-refractivity contribution in [3.8, 4) is 0 Å². The zero-order valence-electron chi connectivity index (χ0n) is 15.5. The molecule has 0 spiro atoms. The number of pyridine rings is 1. The van der Waals surface area contributed by atoms with Crippen LogP contribution in [0.3, 0.4) is 0 Å². The van der Waals surface area contributed by atoms with Crippen molar-refractivity contribution in [2.45, 2.75) is 32.9 Å². The van der Waals surface area contributed by atoms with Crippen molar-refractivity contribution in [3.63, 3.8) is 0 Å². The lowest BCUT2D eigenvalue weighted by Gasteiger charge is -2.20. The van der Waals surface area contributed by atoms with E-state index in [1.165, 1.54) is 11.3 Å². The average Bonchev–Trinajstić information content (AvgIpc) is 3.10. The first kappa shape index (κ1) is 20.5. The third kappa shape index (κ3) is 5.86. The third-order valence-corrected chi connectivity index (χ3v) is 4.40. The molecule has 2 N–H and O–H groups in total. The van der Waals surface area contributed by atoms with E-state index in [-0.39, 0.29) is 24.0 Å². The van der Waals surface area contributed by atoms with Crippen molar-refractivity contribution in [2.75, 3.05) is 24.5 Å². The van der Waals surface area contributed by atoms with Crippen LogP contribution in [0, 0.1) is 6.92 Å². The molecular weight excluding hydrogens is 437 g/mol. The molecule has 1 aromatic heterocycles. The second-order valence-corrected chi connectivity index (χ2v) is 6.43. The highest BCUT2D eigenvalue weighted by Crippen LogP contribution is 2.20. The van der Waals surface area contributed by atoms with Crippen molar-refractivity contribution in [1.82, 2.24) is 15.6 Å². The summed E-state index contributed by atoms with van der Waals surface area (Å²) in [7, 11) is 0. The van der Waals surface area contributed by atoms with Gasteiger partial charge in [-0.05, 0) is 44.5 Å². The Morgan fingerprint density at radius 2 is 2.04 bits per heavy atom. The molecular formula is C20H28IN5. The van der Waals surface area contributed by atoms with Crippen molar-refractivity contribution in [2.24, 2.45) is 4.99 Å². The van der Waals surface area contributed by atoms with Crippen LogP contribution in [-0.4, -0.2) is 36.6 Å². The maximum Gasteiger partial charge on any atom is 0.191 e. The van der Waals surface area contributed by atoms with E-state index >= 15 is 0 Å². The van der Waals surface area contributed by atoms with Gasteiger partial charge >= 0.3 is 0 Å². The summed E-state index contributed by atoms with van der Waals surface area (Å²) in [5, 5.41) is 6.90. The maximum absolute atomic E-state index is 4.67. The van der Waals surface area contributed by atoms with Gasteiger partial charge in [0, 0.05) is 37.6 Å². The number of halogens is 1. The Balaban J connectivity index is 0.00000243. The standard InChI is InChI=1S/C20H27N5.HI/c1-3-21-20(23-14-17-6-4-5-12-22-17)24-18-11-13-25(15-18)19-9-7-16(2)8-10-19;/h4-10,12,18H,3,11,13-15H2,1-2H3,(H2,21,23,24);1H. The van der Waals surface area contributed by atoms with E-state index in [0.29, 0.717) is 12.6 Å². The van der Waals surface area contributed by atoms with Crippen LogP contribution in [0.2, 0.25) is 0 Å². The van der Waals surface area contributed by atoms with Gasteiger partial charge in [-0.2, -0.15) is 0 Å². The molecule has 0 amide bonds. The van der Waals surface area contributed by atoms with E-state index in [0.717, 1.165) is 37.7 Å². The third-order valence-electron chi connectivity index (χ3n) is 4.40. The van der Waals surface area contributed by atoms with E-state index in [1.807, 2.05) is 24.4 Å². The Labute approximate surface area is 173 Å². The molecule has 2 aromatic rings. The number of aryl methyl sites for hydroxylation is 1. The molecule has 5 nitrogen and oxygen atoms in total. The van der Waals surface area contributed by atoms with E-state index in [2.05, 4.69) is 63.6 Å². The number of aromatic nitrogens is 1. The van der Waals surface area contributed by atoms with Gasteiger partial charge < -0.3 is 15.5 Å². The molecule has 1 fully saturated rings. The first-order chi connectivity index (χ1) is 12.2. The first-order valence-corrected chi connectivity index (χ1v) is 9.01. The Morgan fingerprint density at radius 3 is 2.73 bits per heavy atom. The van der Waals surface area contributed by atoms with E-state index in [4.69, 9.17) is 0 Å². The molecule has 0 aliphatic carbocycles. The lowest BCUT2D eigenvalue weighted by Crippen LogP contribution is -2.44. The SMILES string of the molecule is CCNC(=NCc1ccccn1)NC1CCN(c2ccc(C)cc2)C1.I. The molecule has 1 aliphatic rings. The average molecular weight is 465 g/mol. The molecule has 1 aliphatic heterocycles. The fraction of sp³-hybridized carbons (Fsp3) is 0.400. The van der Waals surface area contributed by atoms with Gasteiger partial charge in [-0.15, -0.1) is 24.0 Å². The summed E-state index contributed by atoms with van der Waals surface area (Å²) in [6.45, 7) is 7.72. The smallest absolute Gasteiger partial charge is 0.191 e. The van der Waals surface area contributed by atoms with Gasteiger partial charge in [-0.3, -0.25) is 4.98 Å². The second-order valence-electron chi connectivity index (χ2n) is 6.43. The summed E-state index contributed by atoms with van der Waals surface area (Å²) in [5.74, 6) is 0.865. The Kier molecular flexibility index (Phi) is 8.15. The van der Waals surface area contributed by atoms with Gasteiger partial charge in [0.1, 0.15) is 0 Å². The first-order valence-electron chi connectivity index (χ1n) is 9.01. The fourth-order valence-electron chi connectivity index (χ4n) is 3.03. The Bertz CT molecular complexity index is 687. The summed E-state index contributed by atoms with van der Waals surface area (Å²) in [6, 6.07) is 15.1. The van der Waals surface area contributed by atoms with E-state index in [9.17, 15) is 0 Å². The van der Waals surface area contributed by atoms with Gasteiger partial charge in [0.2, 0.25) is 0 Å². The number of nitrogens with one attached hydrogen (secondary N) is 2. The molecule has 1 atom stereocenters. The molecule has 1 saturated heterocycles. The number of hydrogen-bond donors (Lipinski definition) is 2. The minimum Gasteiger partial charge on any atom is -0.369 e. The van der Waals surface area contributed by atoms with Gasteiger partial charge in [-0.25, -0.2) is 4.99 Å². The minimum absolute atomic E-state index is 0. The molecule has 1 unspecified atom stereocenters. The van der Waals surface area contributed by atoms with Gasteiger partial charge in [-0.1, -0.05) is 23.8 Å². The molecule has 3 rings (SSSR count). The van der Waals surface area contributed by atoms with Crippen LogP contribution in [0.1, 0.15) is 24.6 Å². The van der Waals surface area contributed by atoms with Gasteiger partial charge in [0.15, 0.2) is 5.96 Å². The Hall–Kier alpha value is -1.83. The fourth-order valence-corrected chi connectivity index (χ4v) is 3.03. The minimum atomic E-state index is 0. The van der Waals surface area contributed by atoms with Crippen molar-refractivity contribution < 1.29 is 0 Å². The molecule has 1 aromatic carbocycles. The number of nitrogens with zero attached hydrogens (tertiary/aromatic N) is 3. The zero-order chi connectivity index (χ0) is 17.5. The van der Waals surface area contributed by atoms with Crippen LogP contribution in [0.4, 0.5) is 5.69 Å². The van der Waals surface area contributed by atoms with Crippen molar-refractivity contribution in [1.29, 1.82) is 0 Å². The maximum atomic E-state index is 4.67. The van der Waals surface area contributed by atoms with Crippen molar-refractivity contribution in [3.05, 3.63) is 59.9 Å². The Morgan fingerprint density at radius 1 is 1.23 bits per heavy atom. The zero-order valence-corrected chi connectivity index (χ0v) is 17.8. The number of rotatable bonds is 5. The highest BCUT2D eigenvalue weighted by atomic mass is 127. The van der Waals surface area contributed by atoms with E-state index in [1.54, 1.807) is 0 Å². The predicted molar refractivity (Wildman–Crippen MR) is 119 cm³/mol. The molecule has 0 bridgehead atoms. The van der Waals surface area contributed by atoms with Crippen LogP contribution in [0.5, 0.6) is 0 Å². The predicted octanol–water partition coefficient (Wildman–Crippen LogP) is 3.34. The molecule has 6 heteroatoms. The van der Waals surface area contributed by atoms with E-state index < -0.39 is 0 Å². The lowest BCUT2D eigenvalue weighted by molar-refractivity contribution is 0.649. The highest BCUT2D eigenvalue weighted by molar-refractivity contribution is 14.0. The monoisotopic (exact) mass is 465 g/mol. The quantitative estimate of drug-likeness (QED) is 0.404. The van der Waals surface area contributed by atoms with Crippen LogP contribution >= 0.6 is 24.0 Å². The summed E-state index contributed by atoms with van der Waals surface area (Å²) < 4.78 is 0. The largest absolute Gasteiger partial charge is 0.369 e. The number of guanidine groups is 1. The summed E-state index contributed by atoms with van der Waals surface area (Å²) >= 11 is 0. The highest BCUT2D eigenvalue weighted by Gasteiger charge is 2.23. The number of anilines is 1. The van der Waals surface area contributed by atoms with Gasteiger partial charge in [0.05, 0.1) is 12.2 Å². The molecule has 0 saturated carbocycles. The molecule has 2 heterocycles. The number of hydrogen-bond acceptors (Lipinski definition) is 3. The van der Waals surface area contributed by atoms with Crippen LogP contribution < -0.4 is 15.5 Å². The normalized spacial score (nSPS) is 16.9. The van der Waals surface area contributed by atoms with Gasteiger partial charge in [0.25, 0.3) is 0 Å².